The third-order valence-corrected chi connectivity index (χ3v) is 2.09. The van der Waals surface area contributed by atoms with Crippen LogP contribution in [0, 0.1) is 0 Å². The molecular formula is C10H10F3NOS. The molecule has 1 aromatic carbocycles. The van der Waals surface area contributed by atoms with Gasteiger partial charge in [0.15, 0.2) is 0 Å². The zero-order valence-corrected chi connectivity index (χ0v) is 9.27. The minimum Gasteiger partial charge on any atom is -0.325 e. The lowest BCUT2D eigenvalue weighted by Crippen LogP contribution is -2.20. The van der Waals surface area contributed by atoms with Crippen molar-refractivity contribution in [3.05, 3.63) is 29.8 Å². The fraction of sp³-hybridized carbons (Fsp3) is 0.300. The van der Waals surface area contributed by atoms with Crippen molar-refractivity contribution in [2.75, 3.05) is 5.32 Å². The van der Waals surface area contributed by atoms with Gasteiger partial charge >= 0.3 is 6.18 Å². The van der Waals surface area contributed by atoms with Crippen LogP contribution in [0.3, 0.4) is 0 Å². The molecule has 0 aliphatic carbocycles. The highest BCUT2D eigenvalue weighted by Gasteiger charge is 2.29. The predicted octanol–water partition coefficient (Wildman–Crippen LogP) is 2.96. The Labute approximate surface area is 96.3 Å². The van der Waals surface area contributed by atoms with Crippen LogP contribution in [0.5, 0.6) is 0 Å². The molecular weight excluding hydrogens is 239 g/mol. The van der Waals surface area contributed by atoms with Crippen LogP contribution in [0.2, 0.25) is 0 Å². The largest absolute Gasteiger partial charge is 0.416 e. The lowest BCUT2D eigenvalue weighted by molar-refractivity contribution is -0.137. The first-order valence-corrected chi connectivity index (χ1v) is 4.98. The summed E-state index contributed by atoms with van der Waals surface area (Å²) in [6, 6.07) is 4.24. The summed E-state index contributed by atoms with van der Waals surface area (Å²) in [5.74, 6) is -0.358. The van der Waals surface area contributed by atoms with Gasteiger partial charge in [0.05, 0.1) is 10.8 Å². The first-order chi connectivity index (χ1) is 7.30. The van der Waals surface area contributed by atoms with Gasteiger partial charge in [0.1, 0.15) is 0 Å². The average molecular weight is 249 g/mol. The number of carbonyl (C=O) groups excluding carboxylic acids is 1. The van der Waals surface area contributed by atoms with Crippen molar-refractivity contribution in [2.24, 2.45) is 0 Å². The molecule has 1 N–H and O–H groups in total. The number of carbonyl (C=O) groups is 1. The zero-order valence-electron chi connectivity index (χ0n) is 8.38. The second-order valence-corrected chi connectivity index (χ2v) is 4.01. The maximum Gasteiger partial charge on any atom is 0.416 e. The minimum atomic E-state index is -4.36. The molecule has 16 heavy (non-hydrogen) atoms. The third-order valence-electron chi connectivity index (χ3n) is 1.86. The van der Waals surface area contributed by atoms with Crippen molar-refractivity contribution >= 4 is 24.2 Å². The minimum absolute atomic E-state index is 0.318. The number of benzene rings is 1. The van der Waals surface area contributed by atoms with Crippen LogP contribution in [0.1, 0.15) is 12.5 Å². The van der Waals surface area contributed by atoms with E-state index in [1.54, 1.807) is 6.92 Å². The molecule has 0 bridgehead atoms. The molecule has 0 fully saturated rings. The van der Waals surface area contributed by atoms with E-state index in [-0.39, 0.29) is 5.91 Å². The molecule has 1 rings (SSSR count). The first-order valence-electron chi connectivity index (χ1n) is 4.47. The molecule has 0 aliphatic heterocycles. The summed E-state index contributed by atoms with van der Waals surface area (Å²) in [7, 11) is 0. The molecule has 6 heteroatoms. The van der Waals surface area contributed by atoms with Crippen molar-refractivity contribution in [3.63, 3.8) is 0 Å². The summed E-state index contributed by atoms with van der Waals surface area (Å²) in [5.41, 5.74) is -0.427. The van der Waals surface area contributed by atoms with Gasteiger partial charge in [-0.1, -0.05) is 0 Å². The van der Waals surface area contributed by atoms with E-state index in [1.165, 1.54) is 12.1 Å². The highest BCUT2D eigenvalue weighted by molar-refractivity contribution is 7.81. The fourth-order valence-corrected chi connectivity index (χ4v) is 1.05. The highest BCUT2D eigenvalue weighted by Crippen LogP contribution is 2.29. The zero-order chi connectivity index (χ0) is 12.3. The Morgan fingerprint density at radius 2 is 1.81 bits per heavy atom. The van der Waals surface area contributed by atoms with Gasteiger partial charge in [-0.15, -0.1) is 0 Å². The number of halogens is 3. The van der Waals surface area contributed by atoms with Gasteiger partial charge in [0.2, 0.25) is 5.91 Å². The summed E-state index contributed by atoms with van der Waals surface area (Å²) < 4.78 is 36.6. The third kappa shape index (κ3) is 3.44. The van der Waals surface area contributed by atoms with Crippen molar-refractivity contribution in [2.45, 2.75) is 18.3 Å². The van der Waals surface area contributed by atoms with E-state index in [0.717, 1.165) is 12.1 Å². The number of rotatable bonds is 2. The van der Waals surface area contributed by atoms with Gasteiger partial charge < -0.3 is 5.32 Å². The first kappa shape index (κ1) is 12.9. The topological polar surface area (TPSA) is 29.1 Å². The van der Waals surface area contributed by atoms with Crippen LogP contribution in [-0.4, -0.2) is 11.2 Å². The molecule has 0 aliphatic rings. The van der Waals surface area contributed by atoms with E-state index in [4.69, 9.17) is 0 Å². The van der Waals surface area contributed by atoms with E-state index < -0.39 is 17.0 Å². The summed E-state index contributed by atoms with van der Waals surface area (Å²) in [5, 5.41) is 1.93. The van der Waals surface area contributed by atoms with Crippen LogP contribution in [0.25, 0.3) is 0 Å². The highest BCUT2D eigenvalue weighted by atomic mass is 32.1. The molecule has 0 spiro atoms. The fourth-order valence-electron chi connectivity index (χ4n) is 0.989. The number of hydrogen-bond acceptors (Lipinski definition) is 2. The van der Waals surface area contributed by atoms with Crippen LogP contribution in [0.15, 0.2) is 24.3 Å². The van der Waals surface area contributed by atoms with Crippen molar-refractivity contribution < 1.29 is 18.0 Å². The van der Waals surface area contributed by atoms with Gasteiger partial charge in [-0.25, -0.2) is 0 Å². The van der Waals surface area contributed by atoms with Crippen molar-refractivity contribution in [1.29, 1.82) is 0 Å². The van der Waals surface area contributed by atoms with Gasteiger partial charge in [-0.3, -0.25) is 4.79 Å². The van der Waals surface area contributed by atoms with Crippen LogP contribution < -0.4 is 5.32 Å². The number of anilines is 1. The Balaban J connectivity index is 2.76. The smallest absolute Gasteiger partial charge is 0.325 e. The van der Waals surface area contributed by atoms with E-state index in [1.807, 2.05) is 0 Å². The standard InChI is InChI=1S/C10H10F3NOS/c1-6(16)9(15)14-8-4-2-7(3-5-8)10(11,12)13/h2-6,16H,1H3,(H,14,15). The molecule has 0 radical (unpaired) electrons. The van der Waals surface area contributed by atoms with Crippen LogP contribution >= 0.6 is 12.6 Å². The summed E-state index contributed by atoms with van der Waals surface area (Å²) in [6.45, 7) is 1.57. The lowest BCUT2D eigenvalue weighted by atomic mass is 10.2. The summed E-state index contributed by atoms with van der Waals surface area (Å²) >= 11 is 3.90. The van der Waals surface area contributed by atoms with Crippen molar-refractivity contribution in [3.8, 4) is 0 Å². The monoisotopic (exact) mass is 249 g/mol. The normalized spacial score (nSPS) is 13.3. The molecule has 1 atom stereocenters. The van der Waals surface area contributed by atoms with Crippen LogP contribution in [-0.2, 0) is 11.0 Å². The van der Waals surface area contributed by atoms with E-state index in [0.29, 0.717) is 5.69 Å². The molecule has 0 aromatic heterocycles. The Hall–Kier alpha value is -1.17. The van der Waals surface area contributed by atoms with Gasteiger partial charge in [-0.2, -0.15) is 25.8 Å². The van der Waals surface area contributed by atoms with Crippen molar-refractivity contribution in [1.82, 2.24) is 0 Å². The second-order valence-electron chi connectivity index (χ2n) is 3.24. The SMILES string of the molecule is CC(S)C(=O)Nc1ccc(C(F)(F)F)cc1. The van der Waals surface area contributed by atoms with E-state index >= 15 is 0 Å². The maximum atomic E-state index is 12.2. The van der Waals surface area contributed by atoms with Gasteiger partial charge in [0.25, 0.3) is 0 Å². The van der Waals surface area contributed by atoms with Gasteiger partial charge in [-0.05, 0) is 31.2 Å². The molecule has 0 saturated heterocycles. The molecule has 1 aromatic rings. The maximum absolute atomic E-state index is 12.2. The Bertz CT molecular complexity index is 373. The van der Waals surface area contributed by atoms with E-state index in [9.17, 15) is 18.0 Å². The van der Waals surface area contributed by atoms with Gasteiger partial charge in [0, 0.05) is 5.69 Å². The number of amides is 1. The van der Waals surface area contributed by atoms with Crippen LogP contribution in [0.4, 0.5) is 18.9 Å². The molecule has 0 saturated carbocycles. The molecule has 1 amide bonds. The number of hydrogen-bond donors (Lipinski definition) is 2. The quantitative estimate of drug-likeness (QED) is 0.775. The molecule has 2 nitrogen and oxygen atoms in total. The number of thiol groups is 1. The lowest BCUT2D eigenvalue weighted by Gasteiger charge is -2.09. The summed E-state index contributed by atoms with van der Waals surface area (Å²) in [4.78, 5) is 11.2. The Morgan fingerprint density at radius 1 is 1.31 bits per heavy atom. The number of alkyl halides is 3. The summed E-state index contributed by atoms with van der Waals surface area (Å²) in [6.07, 6.45) is -4.36. The number of nitrogens with one attached hydrogen (secondary N) is 1. The second kappa shape index (κ2) is 4.78. The Kier molecular flexibility index (Phi) is 3.85. The molecule has 1 unspecified atom stereocenters. The molecule has 88 valence electrons. The molecule has 0 heterocycles. The Morgan fingerprint density at radius 3 is 2.19 bits per heavy atom. The predicted molar refractivity (Wildman–Crippen MR) is 58.5 cm³/mol. The average Bonchev–Trinajstić information content (AvgIpc) is 2.17. The van der Waals surface area contributed by atoms with E-state index in [2.05, 4.69) is 17.9 Å².